The van der Waals surface area contributed by atoms with Crippen LogP contribution in [0, 0.1) is 11.8 Å². The Morgan fingerprint density at radius 2 is 1.61 bits per heavy atom. The zero-order valence-corrected chi connectivity index (χ0v) is 38.4. The molecular formula is C49H68N6O7. The van der Waals surface area contributed by atoms with Crippen molar-refractivity contribution in [1.82, 2.24) is 30.3 Å². The van der Waals surface area contributed by atoms with E-state index in [-0.39, 0.29) is 42.8 Å². The van der Waals surface area contributed by atoms with Crippen LogP contribution in [-0.4, -0.2) is 111 Å². The molecule has 13 nitrogen and oxygen atoms in total. The summed E-state index contributed by atoms with van der Waals surface area (Å²) in [5.74, 6) is -1.86. The fourth-order valence-electron chi connectivity index (χ4n) is 9.08. The van der Waals surface area contributed by atoms with Crippen LogP contribution in [0.15, 0.2) is 79.1 Å². The largest absolute Gasteiger partial charge is 0.459 e. The molecule has 0 saturated carbocycles. The molecule has 1 aliphatic carbocycles. The Bertz CT molecular complexity index is 2010. The molecular weight excluding hydrogens is 785 g/mol. The topological polar surface area (TPSA) is 143 Å². The first kappa shape index (κ1) is 46.6. The Hall–Kier alpha value is -4.85. The number of hydrogen-bond acceptors (Lipinski definition) is 10. The van der Waals surface area contributed by atoms with E-state index in [4.69, 9.17) is 14.2 Å². The quantitative estimate of drug-likeness (QED) is 0.174. The number of carbonyl (C=O) groups is 4. The normalized spacial score (nSPS) is 21.7. The van der Waals surface area contributed by atoms with Crippen LogP contribution >= 0.6 is 0 Å². The number of nitrogens with one attached hydrogen (secondary N) is 2. The van der Waals surface area contributed by atoms with Gasteiger partial charge in [0.25, 0.3) is 0 Å². The Balaban J connectivity index is 1.35. The number of esters is 1. The molecule has 0 radical (unpaired) electrons. The minimum Gasteiger partial charge on any atom is -0.459 e. The summed E-state index contributed by atoms with van der Waals surface area (Å²) in [4.78, 5) is 67.7. The molecule has 3 aliphatic rings. The number of amides is 3. The Labute approximate surface area is 368 Å². The lowest BCUT2D eigenvalue weighted by Gasteiger charge is -2.43. The third kappa shape index (κ3) is 12.0. The van der Waals surface area contributed by atoms with Crippen LogP contribution in [0.25, 0.3) is 0 Å². The minimum atomic E-state index is -1.03. The lowest BCUT2D eigenvalue weighted by atomic mass is 9.90. The van der Waals surface area contributed by atoms with E-state index < -0.39 is 53.0 Å². The summed E-state index contributed by atoms with van der Waals surface area (Å²) in [7, 11) is 0. The van der Waals surface area contributed by atoms with Crippen molar-refractivity contribution in [2.24, 2.45) is 11.8 Å². The highest BCUT2D eigenvalue weighted by molar-refractivity contribution is 5.84. The van der Waals surface area contributed by atoms with E-state index in [0.717, 1.165) is 16.7 Å². The second kappa shape index (κ2) is 19.3. The predicted octanol–water partition coefficient (Wildman–Crippen LogP) is 6.45. The fourth-order valence-corrected chi connectivity index (χ4v) is 9.08. The summed E-state index contributed by atoms with van der Waals surface area (Å²) in [5, 5.41) is 5.95. The van der Waals surface area contributed by atoms with E-state index in [1.54, 1.807) is 27.0 Å². The van der Waals surface area contributed by atoms with E-state index in [0.29, 0.717) is 39.0 Å². The van der Waals surface area contributed by atoms with Crippen molar-refractivity contribution in [2.45, 2.75) is 142 Å². The van der Waals surface area contributed by atoms with E-state index >= 15 is 4.79 Å². The number of pyridine rings is 1. The maximum atomic E-state index is 15.4. The Morgan fingerprint density at radius 1 is 0.919 bits per heavy atom. The van der Waals surface area contributed by atoms with Gasteiger partial charge in [-0.15, -0.1) is 0 Å². The molecule has 2 N–H and O–H groups in total. The highest BCUT2D eigenvalue weighted by Crippen LogP contribution is 2.49. The SMILES string of the molecule is CC(C)C(NC(=O)OC(C)(C)C)C(=O)O[C@@H](C[C@@H](Cc1ccccc1)C(=O)N1[C@H]2c3ccccc3C[C@H]2OC1(C)C)CN1CCN(Cc2cccnc2)C[C@H]1C(=O)NC(C)(C)C. The summed E-state index contributed by atoms with van der Waals surface area (Å²) in [6, 6.07) is 20.1. The molecule has 0 spiro atoms. The van der Waals surface area contributed by atoms with Crippen LogP contribution in [0.5, 0.6) is 0 Å². The van der Waals surface area contributed by atoms with Gasteiger partial charge < -0.3 is 29.7 Å². The van der Waals surface area contributed by atoms with E-state index in [1.807, 2.05) is 114 Å². The summed E-state index contributed by atoms with van der Waals surface area (Å²) < 4.78 is 18.7. The number of ether oxygens (including phenoxy) is 3. The molecule has 2 aliphatic heterocycles. The van der Waals surface area contributed by atoms with Gasteiger partial charge in [-0.1, -0.05) is 74.5 Å². The summed E-state index contributed by atoms with van der Waals surface area (Å²) in [5.41, 5.74) is 2.09. The molecule has 3 amide bonds. The van der Waals surface area contributed by atoms with Crippen molar-refractivity contribution < 1.29 is 33.4 Å². The van der Waals surface area contributed by atoms with Gasteiger partial charge in [0.2, 0.25) is 11.8 Å². The van der Waals surface area contributed by atoms with Crippen LogP contribution in [-0.2, 0) is 48.0 Å². The van der Waals surface area contributed by atoms with Gasteiger partial charge in [0, 0.05) is 63.0 Å². The molecule has 2 fully saturated rings. The minimum absolute atomic E-state index is 0.0975. The highest BCUT2D eigenvalue weighted by atomic mass is 16.6. The summed E-state index contributed by atoms with van der Waals surface area (Å²) in [6.45, 7) is 21.1. The van der Waals surface area contributed by atoms with Crippen molar-refractivity contribution in [3.8, 4) is 0 Å². The molecule has 13 heteroatoms. The number of hydrogen-bond donors (Lipinski definition) is 2. The molecule has 3 heterocycles. The van der Waals surface area contributed by atoms with Crippen LogP contribution in [0.4, 0.5) is 4.79 Å². The maximum absolute atomic E-state index is 15.4. The number of piperazine rings is 1. The first-order valence-corrected chi connectivity index (χ1v) is 22.2. The Morgan fingerprint density at radius 3 is 2.27 bits per heavy atom. The van der Waals surface area contributed by atoms with Crippen LogP contribution in [0.1, 0.15) is 104 Å². The monoisotopic (exact) mass is 853 g/mol. The lowest BCUT2D eigenvalue weighted by Crippen LogP contribution is -2.62. The van der Waals surface area contributed by atoms with Crippen molar-refractivity contribution in [3.05, 3.63) is 101 Å². The van der Waals surface area contributed by atoms with Crippen LogP contribution in [0.2, 0.25) is 0 Å². The first-order chi connectivity index (χ1) is 29.2. The van der Waals surface area contributed by atoms with Crippen molar-refractivity contribution in [2.75, 3.05) is 26.2 Å². The number of aromatic nitrogens is 1. The third-order valence-electron chi connectivity index (χ3n) is 11.7. The standard InChI is InChI=1S/C49H68N6O7/c1-32(2)41(51-46(59)62-48(6,7)8)45(58)60-37(30-54-24-23-53(29-34-19-16-22-50-28-34)31-39(54)43(56)52-47(3,4)5)26-36(25-33-17-12-11-13-18-33)44(57)55-42-38-21-15-14-20-35(38)27-40(42)61-49(55,9)10/h11-22,28,32,36-37,39-42H,23-27,29-31H2,1-10H3,(H,51,59)(H,52,56)/t36-,37+,39+,40-,41?,42+/m1/s1. The van der Waals surface area contributed by atoms with Gasteiger partial charge in [-0.05, 0) is 102 Å². The first-order valence-electron chi connectivity index (χ1n) is 22.2. The summed E-state index contributed by atoms with van der Waals surface area (Å²) >= 11 is 0. The van der Waals surface area contributed by atoms with E-state index in [2.05, 4.69) is 37.6 Å². The molecule has 1 unspecified atom stereocenters. The molecule has 2 aromatic carbocycles. The van der Waals surface area contributed by atoms with Gasteiger partial charge in [-0.25, -0.2) is 9.59 Å². The van der Waals surface area contributed by atoms with Gasteiger partial charge in [-0.3, -0.25) is 24.4 Å². The number of benzene rings is 2. The van der Waals surface area contributed by atoms with E-state index in [1.165, 1.54) is 5.56 Å². The average molecular weight is 853 g/mol. The number of nitrogens with zero attached hydrogens (tertiary/aromatic N) is 4. The molecule has 2 saturated heterocycles. The second-order valence-corrected chi connectivity index (χ2v) is 20.1. The van der Waals surface area contributed by atoms with Crippen molar-refractivity contribution >= 4 is 23.9 Å². The lowest BCUT2D eigenvalue weighted by molar-refractivity contribution is -0.161. The van der Waals surface area contributed by atoms with Crippen molar-refractivity contribution in [1.29, 1.82) is 0 Å². The third-order valence-corrected chi connectivity index (χ3v) is 11.7. The Kier molecular flexibility index (Phi) is 14.5. The number of rotatable bonds is 14. The molecule has 62 heavy (non-hydrogen) atoms. The van der Waals surface area contributed by atoms with Gasteiger partial charge in [-0.2, -0.15) is 0 Å². The molecule has 3 aromatic rings. The van der Waals surface area contributed by atoms with Gasteiger partial charge in [0.05, 0.1) is 12.1 Å². The average Bonchev–Trinajstić information content (AvgIpc) is 3.66. The van der Waals surface area contributed by atoms with Gasteiger partial charge >= 0.3 is 12.1 Å². The summed E-state index contributed by atoms with van der Waals surface area (Å²) in [6.07, 6.45) is 3.07. The highest BCUT2D eigenvalue weighted by Gasteiger charge is 2.54. The zero-order chi connectivity index (χ0) is 45.0. The zero-order valence-electron chi connectivity index (χ0n) is 38.4. The second-order valence-electron chi connectivity index (χ2n) is 20.1. The molecule has 0 bridgehead atoms. The molecule has 1 aromatic heterocycles. The van der Waals surface area contributed by atoms with Crippen LogP contribution in [0.3, 0.4) is 0 Å². The predicted molar refractivity (Wildman–Crippen MR) is 238 cm³/mol. The number of alkyl carbamates (subject to hydrolysis) is 1. The number of carbonyl (C=O) groups excluding carboxylic acids is 4. The van der Waals surface area contributed by atoms with Gasteiger partial charge in [0.15, 0.2) is 0 Å². The fraction of sp³-hybridized carbons (Fsp3) is 0.571. The smallest absolute Gasteiger partial charge is 0.408 e. The van der Waals surface area contributed by atoms with Gasteiger partial charge in [0.1, 0.15) is 29.5 Å². The number of fused-ring (bicyclic) bond motifs is 3. The van der Waals surface area contributed by atoms with Crippen molar-refractivity contribution in [3.63, 3.8) is 0 Å². The maximum Gasteiger partial charge on any atom is 0.408 e. The molecule has 6 rings (SSSR count). The molecule has 6 atom stereocenters. The molecule has 336 valence electrons. The van der Waals surface area contributed by atoms with Crippen LogP contribution < -0.4 is 10.6 Å². The van der Waals surface area contributed by atoms with E-state index in [9.17, 15) is 14.4 Å².